The summed E-state index contributed by atoms with van der Waals surface area (Å²) in [7, 11) is 1.55. The Morgan fingerprint density at radius 2 is 2.20 bits per heavy atom. The SMILES string of the molecule is COc1ccc2oc([N+](=O)[O-])c(C)c2c1. The molecule has 5 heteroatoms. The molecule has 0 fully saturated rings. The van der Waals surface area contributed by atoms with E-state index in [1.54, 1.807) is 32.2 Å². The van der Waals surface area contributed by atoms with Crippen LogP contribution in [-0.2, 0) is 0 Å². The largest absolute Gasteiger partial charge is 0.497 e. The van der Waals surface area contributed by atoms with E-state index < -0.39 is 4.92 Å². The zero-order valence-corrected chi connectivity index (χ0v) is 8.31. The molecule has 0 spiro atoms. The average molecular weight is 207 g/mol. The molecule has 2 aromatic rings. The Bertz CT molecular complexity index is 529. The van der Waals surface area contributed by atoms with Crippen LogP contribution in [0.3, 0.4) is 0 Å². The average Bonchev–Trinajstić information content (AvgIpc) is 2.56. The maximum atomic E-state index is 10.6. The van der Waals surface area contributed by atoms with Crippen LogP contribution in [0.15, 0.2) is 22.6 Å². The molecule has 0 amide bonds. The van der Waals surface area contributed by atoms with E-state index in [1.807, 2.05) is 0 Å². The number of nitro groups is 1. The molecule has 0 radical (unpaired) electrons. The highest BCUT2D eigenvalue weighted by molar-refractivity contribution is 5.85. The number of aryl methyl sites for hydroxylation is 1. The third kappa shape index (κ3) is 1.41. The summed E-state index contributed by atoms with van der Waals surface area (Å²) in [6, 6.07) is 5.09. The Morgan fingerprint density at radius 1 is 1.47 bits per heavy atom. The van der Waals surface area contributed by atoms with Gasteiger partial charge in [0.1, 0.15) is 16.3 Å². The van der Waals surface area contributed by atoms with E-state index in [0.29, 0.717) is 22.3 Å². The van der Waals surface area contributed by atoms with Gasteiger partial charge < -0.3 is 9.15 Å². The molecule has 0 bridgehead atoms. The predicted octanol–water partition coefficient (Wildman–Crippen LogP) is 2.66. The van der Waals surface area contributed by atoms with E-state index in [9.17, 15) is 10.1 Å². The molecule has 0 aliphatic rings. The smallest absolute Gasteiger partial charge is 0.437 e. The fourth-order valence-corrected chi connectivity index (χ4v) is 1.49. The van der Waals surface area contributed by atoms with Crippen molar-refractivity contribution in [1.29, 1.82) is 0 Å². The lowest BCUT2D eigenvalue weighted by Gasteiger charge is -1.97. The molecule has 78 valence electrons. The molecule has 1 heterocycles. The van der Waals surface area contributed by atoms with Gasteiger partial charge in [-0.3, -0.25) is 10.1 Å². The summed E-state index contributed by atoms with van der Waals surface area (Å²) in [5.74, 6) is 0.444. The van der Waals surface area contributed by atoms with Gasteiger partial charge in [0.15, 0.2) is 0 Å². The Morgan fingerprint density at radius 3 is 2.80 bits per heavy atom. The summed E-state index contributed by atoms with van der Waals surface area (Å²) in [6.07, 6.45) is 0. The summed E-state index contributed by atoms with van der Waals surface area (Å²) in [6.45, 7) is 1.66. The minimum atomic E-state index is -0.526. The number of hydrogen-bond donors (Lipinski definition) is 0. The minimum Gasteiger partial charge on any atom is -0.497 e. The van der Waals surface area contributed by atoms with E-state index in [1.165, 1.54) is 0 Å². The number of benzene rings is 1. The van der Waals surface area contributed by atoms with Gasteiger partial charge >= 0.3 is 5.88 Å². The van der Waals surface area contributed by atoms with Gasteiger partial charge in [0.05, 0.1) is 12.7 Å². The molecule has 0 aliphatic carbocycles. The number of nitrogens with zero attached hydrogens (tertiary/aromatic N) is 1. The quantitative estimate of drug-likeness (QED) is 0.560. The molecule has 0 N–H and O–H groups in total. The van der Waals surface area contributed by atoms with Gasteiger partial charge in [0.25, 0.3) is 0 Å². The van der Waals surface area contributed by atoms with Crippen LogP contribution in [0.2, 0.25) is 0 Å². The maximum absolute atomic E-state index is 10.6. The molecule has 15 heavy (non-hydrogen) atoms. The maximum Gasteiger partial charge on any atom is 0.437 e. The summed E-state index contributed by atoms with van der Waals surface area (Å²) >= 11 is 0. The van der Waals surface area contributed by atoms with Crippen LogP contribution in [0.25, 0.3) is 11.0 Å². The van der Waals surface area contributed by atoms with E-state index >= 15 is 0 Å². The number of methoxy groups -OCH3 is 1. The molecule has 0 saturated carbocycles. The monoisotopic (exact) mass is 207 g/mol. The Balaban J connectivity index is 2.72. The standard InChI is InChI=1S/C10H9NO4/c1-6-8-5-7(14-2)3-4-9(8)15-10(6)11(12)13/h3-5H,1-2H3. The minimum absolute atomic E-state index is 0.210. The molecule has 0 unspecified atom stereocenters. The lowest BCUT2D eigenvalue weighted by atomic mass is 10.2. The van der Waals surface area contributed by atoms with Crippen molar-refractivity contribution in [1.82, 2.24) is 0 Å². The van der Waals surface area contributed by atoms with Crippen LogP contribution >= 0.6 is 0 Å². The first-order valence-corrected chi connectivity index (χ1v) is 4.35. The van der Waals surface area contributed by atoms with E-state index in [-0.39, 0.29) is 5.88 Å². The van der Waals surface area contributed by atoms with E-state index in [4.69, 9.17) is 9.15 Å². The van der Waals surface area contributed by atoms with Crippen LogP contribution in [0.1, 0.15) is 5.56 Å². The first-order chi connectivity index (χ1) is 7.13. The highest BCUT2D eigenvalue weighted by atomic mass is 16.6. The van der Waals surface area contributed by atoms with Crippen molar-refractivity contribution in [3.05, 3.63) is 33.9 Å². The second-order valence-corrected chi connectivity index (χ2v) is 3.15. The third-order valence-corrected chi connectivity index (χ3v) is 2.28. The number of hydrogen-bond acceptors (Lipinski definition) is 4. The van der Waals surface area contributed by atoms with Gasteiger partial charge in [-0.15, -0.1) is 0 Å². The van der Waals surface area contributed by atoms with Crippen molar-refractivity contribution in [2.45, 2.75) is 6.92 Å². The highest BCUT2D eigenvalue weighted by Gasteiger charge is 2.20. The van der Waals surface area contributed by atoms with Gasteiger partial charge in [-0.2, -0.15) is 0 Å². The Kier molecular flexibility index (Phi) is 2.07. The molecule has 0 atom stereocenters. The normalized spacial score (nSPS) is 10.5. The zero-order valence-electron chi connectivity index (χ0n) is 8.31. The lowest BCUT2D eigenvalue weighted by molar-refractivity contribution is -0.402. The predicted molar refractivity (Wildman–Crippen MR) is 54.2 cm³/mol. The third-order valence-electron chi connectivity index (χ3n) is 2.28. The van der Waals surface area contributed by atoms with Gasteiger partial charge in [0.2, 0.25) is 0 Å². The van der Waals surface area contributed by atoms with Crippen LogP contribution < -0.4 is 4.74 Å². The van der Waals surface area contributed by atoms with Crippen LogP contribution in [0.4, 0.5) is 5.88 Å². The molecular formula is C10H9NO4. The van der Waals surface area contributed by atoms with Crippen molar-refractivity contribution < 1.29 is 14.1 Å². The molecule has 1 aromatic heterocycles. The second kappa shape index (κ2) is 3.27. The number of ether oxygens (including phenoxy) is 1. The fraction of sp³-hybridized carbons (Fsp3) is 0.200. The number of fused-ring (bicyclic) bond motifs is 1. The van der Waals surface area contributed by atoms with Crippen molar-refractivity contribution in [3.8, 4) is 5.75 Å². The Labute approximate surface area is 85.4 Å². The van der Waals surface area contributed by atoms with Crippen molar-refractivity contribution in [3.63, 3.8) is 0 Å². The molecular weight excluding hydrogens is 198 g/mol. The molecule has 0 saturated heterocycles. The summed E-state index contributed by atoms with van der Waals surface area (Å²) in [5.41, 5.74) is 1.02. The first-order valence-electron chi connectivity index (χ1n) is 4.35. The van der Waals surface area contributed by atoms with Crippen LogP contribution in [-0.4, -0.2) is 12.0 Å². The zero-order chi connectivity index (χ0) is 11.0. The summed E-state index contributed by atoms with van der Waals surface area (Å²) in [4.78, 5) is 10.1. The number of rotatable bonds is 2. The molecule has 1 aromatic carbocycles. The highest BCUT2D eigenvalue weighted by Crippen LogP contribution is 2.32. The summed E-state index contributed by atoms with van der Waals surface area (Å²) < 4.78 is 10.1. The van der Waals surface area contributed by atoms with Gasteiger partial charge in [-0.05, 0) is 25.1 Å². The van der Waals surface area contributed by atoms with Crippen molar-refractivity contribution in [2.24, 2.45) is 0 Å². The summed E-state index contributed by atoms with van der Waals surface area (Å²) in [5, 5.41) is 11.3. The molecule has 2 rings (SSSR count). The molecule has 0 aliphatic heterocycles. The molecule has 5 nitrogen and oxygen atoms in total. The Hall–Kier alpha value is -2.04. The topological polar surface area (TPSA) is 65.5 Å². The second-order valence-electron chi connectivity index (χ2n) is 3.15. The lowest BCUT2D eigenvalue weighted by Crippen LogP contribution is -1.86. The van der Waals surface area contributed by atoms with Crippen molar-refractivity contribution in [2.75, 3.05) is 7.11 Å². The number of furan rings is 1. The van der Waals surface area contributed by atoms with Crippen LogP contribution in [0.5, 0.6) is 5.75 Å². The van der Waals surface area contributed by atoms with Gasteiger partial charge in [-0.25, -0.2) is 0 Å². The first kappa shape index (κ1) is 9.51. The fourth-order valence-electron chi connectivity index (χ4n) is 1.49. The van der Waals surface area contributed by atoms with E-state index in [2.05, 4.69) is 0 Å². The van der Waals surface area contributed by atoms with Crippen molar-refractivity contribution >= 4 is 16.9 Å². The van der Waals surface area contributed by atoms with Gasteiger partial charge in [-0.1, -0.05) is 0 Å². The van der Waals surface area contributed by atoms with Gasteiger partial charge in [0, 0.05) is 5.39 Å². The van der Waals surface area contributed by atoms with Crippen LogP contribution in [0, 0.1) is 17.0 Å². The van der Waals surface area contributed by atoms with E-state index in [0.717, 1.165) is 0 Å².